The van der Waals surface area contributed by atoms with Gasteiger partial charge in [0.25, 0.3) is 0 Å². The predicted octanol–water partition coefficient (Wildman–Crippen LogP) is 0.197. The van der Waals surface area contributed by atoms with Crippen molar-refractivity contribution in [2.45, 2.75) is 25.2 Å². The van der Waals surface area contributed by atoms with Gasteiger partial charge in [0.1, 0.15) is 11.4 Å². The minimum Gasteiger partial charge on any atom is -0.380 e. The molecule has 2 saturated heterocycles. The van der Waals surface area contributed by atoms with E-state index < -0.39 is 17.4 Å². The molecule has 146 valence electrons. The van der Waals surface area contributed by atoms with Crippen LogP contribution in [-0.4, -0.2) is 76.2 Å². The number of likely N-dealkylation sites (tertiary alicyclic amines) is 1. The number of imidazole rings is 1. The fraction of sp³-hybridized carbons (Fsp3) is 0.632. The van der Waals surface area contributed by atoms with Crippen molar-refractivity contribution < 1.29 is 19.1 Å². The molecule has 2 bridgehead atoms. The molecule has 0 aromatic carbocycles. The molecule has 2 amide bonds. The van der Waals surface area contributed by atoms with E-state index in [1.54, 1.807) is 23.0 Å². The Morgan fingerprint density at radius 2 is 2.33 bits per heavy atom. The number of aryl methyl sites for hydroxylation is 1. The average Bonchev–Trinajstić information content (AvgIpc) is 3.38. The first kappa shape index (κ1) is 18.2. The largest absolute Gasteiger partial charge is 0.380 e. The highest BCUT2D eigenvalue weighted by Crippen LogP contribution is 2.52. The molecular formula is C19H26N4O4. The zero-order chi connectivity index (χ0) is 19.2. The third kappa shape index (κ3) is 2.87. The Balaban J connectivity index is 1.50. The van der Waals surface area contributed by atoms with Crippen molar-refractivity contribution in [3.05, 3.63) is 30.4 Å². The highest BCUT2D eigenvalue weighted by molar-refractivity contribution is 5.92. The first-order valence-electron chi connectivity index (χ1n) is 9.41. The van der Waals surface area contributed by atoms with Gasteiger partial charge in [0.05, 0.1) is 37.6 Å². The SMILES string of the molecule is CCOCCN1C[C@]23C=C[C@H](O2)[C@H](C(=O)N(C)Cc2nccn2C)[C@@H]3C1=O. The lowest BCUT2D eigenvalue weighted by Gasteiger charge is -2.27. The molecule has 1 aromatic rings. The monoisotopic (exact) mass is 374 g/mol. The van der Waals surface area contributed by atoms with Crippen LogP contribution in [0.5, 0.6) is 0 Å². The second-order valence-corrected chi connectivity index (χ2v) is 7.51. The highest BCUT2D eigenvalue weighted by atomic mass is 16.5. The van der Waals surface area contributed by atoms with Gasteiger partial charge in [-0.1, -0.05) is 12.2 Å². The van der Waals surface area contributed by atoms with Crippen LogP contribution in [0.15, 0.2) is 24.5 Å². The average molecular weight is 374 g/mol. The Bertz CT molecular complexity index is 776. The van der Waals surface area contributed by atoms with E-state index in [9.17, 15) is 9.59 Å². The number of aromatic nitrogens is 2. The van der Waals surface area contributed by atoms with Gasteiger partial charge in [0.2, 0.25) is 11.8 Å². The van der Waals surface area contributed by atoms with Gasteiger partial charge in [0.15, 0.2) is 0 Å². The Labute approximate surface area is 158 Å². The van der Waals surface area contributed by atoms with Crippen molar-refractivity contribution in [1.29, 1.82) is 0 Å². The van der Waals surface area contributed by atoms with Crippen LogP contribution in [-0.2, 0) is 32.7 Å². The molecule has 0 radical (unpaired) electrons. The lowest BCUT2D eigenvalue weighted by Crippen LogP contribution is -2.44. The summed E-state index contributed by atoms with van der Waals surface area (Å²) in [5.74, 6) is -0.212. The minimum atomic E-state index is -0.668. The number of rotatable bonds is 7. The number of hydrogen-bond acceptors (Lipinski definition) is 5. The number of amides is 2. The maximum Gasteiger partial charge on any atom is 0.230 e. The van der Waals surface area contributed by atoms with Crippen LogP contribution in [0, 0.1) is 11.8 Å². The number of hydrogen-bond donors (Lipinski definition) is 0. The van der Waals surface area contributed by atoms with Crippen LogP contribution in [0.1, 0.15) is 12.7 Å². The summed E-state index contributed by atoms with van der Waals surface area (Å²) in [4.78, 5) is 33.9. The van der Waals surface area contributed by atoms with E-state index >= 15 is 0 Å². The first-order valence-corrected chi connectivity index (χ1v) is 9.41. The Hall–Kier alpha value is -2.19. The number of fused-ring (bicyclic) bond motifs is 1. The fourth-order valence-corrected chi connectivity index (χ4v) is 4.46. The van der Waals surface area contributed by atoms with E-state index in [-0.39, 0.29) is 17.9 Å². The quantitative estimate of drug-likeness (QED) is 0.503. The summed E-state index contributed by atoms with van der Waals surface area (Å²) in [5.41, 5.74) is -0.668. The normalized spacial score (nSPS) is 31.0. The third-order valence-corrected chi connectivity index (χ3v) is 5.85. The molecule has 8 heteroatoms. The van der Waals surface area contributed by atoms with Gasteiger partial charge in [0, 0.05) is 39.6 Å². The van der Waals surface area contributed by atoms with Crippen molar-refractivity contribution in [3.8, 4) is 0 Å². The van der Waals surface area contributed by atoms with Crippen LogP contribution < -0.4 is 0 Å². The van der Waals surface area contributed by atoms with Crippen LogP contribution in [0.25, 0.3) is 0 Å². The molecule has 4 atom stereocenters. The molecule has 0 aliphatic carbocycles. The fourth-order valence-electron chi connectivity index (χ4n) is 4.46. The van der Waals surface area contributed by atoms with Gasteiger partial charge in [-0.15, -0.1) is 0 Å². The van der Waals surface area contributed by atoms with Crippen LogP contribution in [0.4, 0.5) is 0 Å². The van der Waals surface area contributed by atoms with E-state index in [4.69, 9.17) is 9.47 Å². The van der Waals surface area contributed by atoms with Gasteiger partial charge in [-0.2, -0.15) is 0 Å². The van der Waals surface area contributed by atoms with Gasteiger partial charge < -0.3 is 23.8 Å². The summed E-state index contributed by atoms with van der Waals surface area (Å²) in [6, 6.07) is 0. The molecule has 8 nitrogen and oxygen atoms in total. The topological polar surface area (TPSA) is 76.9 Å². The Morgan fingerprint density at radius 3 is 3.04 bits per heavy atom. The molecule has 4 heterocycles. The molecule has 27 heavy (non-hydrogen) atoms. The van der Waals surface area contributed by atoms with Crippen LogP contribution in [0.3, 0.4) is 0 Å². The molecule has 3 aliphatic heterocycles. The van der Waals surface area contributed by atoms with E-state index in [1.165, 1.54) is 0 Å². The number of nitrogens with zero attached hydrogens (tertiary/aromatic N) is 4. The predicted molar refractivity (Wildman–Crippen MR) is 96.5 cm³/mol. The van der Waals surface area contributed by atoms with Crippen LogP contribution >= 0.6 is 0 Å². The molecule has 0 saturated carbocycles. The highest BCUT2D eigenvalue weighted by Gasteiger charge is 2.67. The molecule has 1 spiro atoms. The number of carbonyl (C=O) groups excluding carboxylic acids is 2. The standard InChI is InChI=1S/C19H26N4O4/c1-4-26-10-9-23-12-19-6-5-13(27-19)15(16(19)18(23)25)17(24)22(3)11-14-20-7-8-21(14)2/h5-8,13,15-16H,4,9-12H2,1-3H3/t13-,15-,16+,19-/m0/s1. The molecule has 0 N–H and O–H groups in total. The molecular weight excluding hydrogens is 348 g/mol. The molecule has 3 aliphatic rings. The van der Waals surface area contributed by atoms with Gasteiger partial charge in [-0.05, 0) is 6.92 Å². The van der Waals surface area contributed by atoms with E-state index in [2.05, 4.69) is 4.98 Å². The van der Waals surface area contributed by atoms with Crippen molar-refractivity contribution in [1.82, 2.24) is 19.4 Å². The summed E-state index contributed by atoms with van der Waals surface area (Å²) in [6.07, 6.45) is 7.14. The summed E-state index contributed by atoms with van der Waals surface area (Å²) in [5, 5.41) is 0. The van der Waals surface area contributed by atoms with Gasteiger partial charge in [-0.25, -0.2) is 4.98 Å². The lowest BCUT2D eigenvalue weighted by atomic mass is 9.76. The van der Waals surface area contributed by atoms with Gasteiger partial charge in [-0.3, -0.25) is 9.59 Å². The lowest BCUT2D eigenvalue weighted by molar-refractivity contribution is -0.143. The van der Waals surface area contributed by atoms with Crippen LogP contribution in [0.2, 0.25) is 0 Å². The zero-order valence-electron chi connectivity index (χ0n) is 16.0. The summed E-state index contributed by atoms with van der Waals surface area (Å²) in [7, 11) is 3.65. The van der Waals surface area contributed by atoms with Crippen molar-refractivity contribution >= 4 is 11.8 Å². The smallest absolute Gasteiger partial charge is 0.230 e. The van der Waals surface area contributed by atoms with E-state index in [0.29, 0.717) is 32.8 Å². The second kappa shape index (κ2) is 6.76. The Morgan fingerprint density at radius 1 is 1.52 bits per heavy atom. The zero-order valence-corrected chi connectivity index (χ0v) is 16.0. The Kier molecular flexibility index (Phi) is 4.55. The molecule has 4 rings (SSSR count). The minimum absolute atomic E-state index is 0.00899. The number of ether oxygens (including phenoxy) is 2. The number of carbonyl (C=O) groups is 2. The van der Waals surface area contributed by atoms with Gasteiger partial charge >= 0.3 is 0 Å². The van der Waals surface area contributed by atoms with Crippen molar-refractivity contribution in [2.24, 2.45) is 18.9 Å². The maximum atomic E-state index is 13.2. The summed E-state index contributed by atoms with van der Waals surface area (Å²) in [6.45, 7) is 4.46. The molecule has 0 unspecified atom stereocenters. The second-order valence-electron chi connectivity index (χ2n) is 7.51. The third-order valence-electron chi connectivity index (χ3n) is 5.85. The van der Waals surface area contributed by atoms with Crippen molar-refractivity contribution in [2.75, 3.05) is 33.4 Å². The van der Waals surface area contributed by atoms with Crippen molar-refractivity contribution in [3.63, 3.8) is 0 Å². The summed E-state index contributed by atoms with van der Waals surface area (Å²) < 4.78 is 13.4. The maximum absolute atomic E-state index is 13.2. The summed E-state index contributed by atoms with van der Waals surface area (Å²) >= 11 is 0. The van der Waals surface area contributed by atoms with E-state index in [0.717, 1.165) is 5.82 Å². The first-order chi connectivity index (χ1) is 13.0. The molecule has 2 fully saturated rings. The molecule has 1 aromatic heterocycles. The van der Waals surface area contributed by atoms with E-state index in [1.807, 2.05) is 36.9 Å².